The van der Waals surface area contributed by atoms with Crippen LogP contribution in [0.1, 0.15) is 42.9 Å². The highest BCUT2D eigenvalue weighted by Crippen LogP contribution is 2.56. The molecule has 3 saturated heterocycles. The first-order valence-electron chi connectivity index (χ1n) is 10.6. The molecule has 4 nitrogen and oxygen atoms in total. The molecule has 148 valence electrons. The van der Waals surface area contributed by atoms with Crippen molar-refractivity contribution < 1.29 is 9.90 Å². The number of anilines is 1. The fourth-order valence-electron chi connectivity index (χ4n) is 5.65. The molecule has 3 heterocycles. The van der Waals surface area contributed by atoms with Crippen LogP contribution in [0.25, 0.3) is 0 Å². The number of para-hydroxylation sites is 1. The lowest BCUT2D eigenvalue weighted by atomic mass is 9.85. The average Bonchev–Trinajstić information content (AvgIpc) is 3.39. The van der Waals surface area contributed by atoms with Gasteiger partial charge in [-0.1, -0.05) is 42.2 Å². The van der Waals surface area contributed by atoms with Crippen molar-refractivity contribution in [2.45, 2.75) is 37.3 Å². The van der Waals surface area contributed by atoms with Gasteiger partial charge in [0.25, 0.3) is 0 Å². The highest BCUT2D eigenvalue weighted by atomic mass is 16.2. The summed E-state index contributed by atoms with van der Waals surface area (Å²) in [6, 6.07) is 18.9. The van der Waals surface area contributed by atoms with Crippen molar-refractivity contribution >= 4 is 11.6 Å². The summed E-state index contributed by atoms with van der Waals surface area (Å²) >= 11 is 0. The maximum absolute atomic E-state index is 13.6. The van der Waals surface area contributed by atoms with E-state index in [2.05, 4.69) is 41.0 Å². The lowest BCUT2D eigenvalue weighted by Gasteiger charge is -2.33. The van der Waals surface area contributed by atoms with Gasteiger partial charge in [-0.15, -0.1) is 0 Å². The van der Waals surface area contributed by atoms with Gasteiger partial charge in [0.15, 0.2) is 0 Å². The number of aliphatic hydroxyl groups is 1. The lowest BCUT2D eigenvalue weighted by molar-refractivity contribution is -0.126. The van der Waals surface area contributed by atoms with Gasteiger partial charge in [-0.05, 0) is 55.6 Å². The van der Waals surface area contributed by atoms with E-state index in [4.69, 9.17) is 5.11 Å². The van der Waals surface area contributed by atoms with Crippen LogP contribution in [0.15, 0.2) is 54.6 Å². The third kappa shape index (κ3) is 2.88. The molecule has 5 rings (SSSR count). The Morgan fingerprint density at radius 3 is 2.66 bits per heavy atom. The summed E-state index contributed by atoms with van der Waals surface area (Å²) in [6.45, 7) is 1.91. The molecule has 2 aromatic carbocycles. The van der Waals surface area contributed by atoms with Crippen molar-refractivity contribution in [2.75, 3.05) is 24.6 Å². The van der Waals surface area contributed by atoms with E-state index in [1.165, 1.54) is 5.56 Å². The number of nitrogens with zero attached hydrogens (tertiary/aromatic N) is 2. The van der Waals surface area contributed by atoms with Crippen molar-refractivity contribution in [2.24, 2.45) is 5.92 Å². The smallest absolute Gasteiger partial charge is 0.247 e. The molecule has 0 bridgehead atoms. The number of hydrogen-bond donors (Lipinski definition) is 1. The van der Waals surface area contributed by atoms with E-state index in [9.17, 15) is 4.79 Å². The van der Waals surface area contributed by atoms with Crippen molar-refractivity contribution in [3.63, 3.8) is 0 Å². The predicted octanol–water partition coefficient (Wildman–Crippen LogP) is 3.36. The number of carbonyl (C=O) groups excluding carboxylic acids is 1. The second-order valence-corrected chi connectivity index (χ2v) is 8.32. The molecule has 0 aromatic heterocycles. The van der Waals surface area contributed by atoms with Crippen LogP contribution in [0.4, 0.5) is 5.69 Å². The Balaban J connectivity index is 1.40. The van der Waals surface area contributed by atoms with Crippen LogP contribution < -0.4 is 4.90 Å². The van der Waals surface area contributed by atoms with E-state index < -0.39 is 0 Å². The normalized spacial score (nSPS) is 28.2. The Labute approximate surface area is 172 Å². The molecule has 0 unspecified atom stereocenters. The molecular weight excluding hydrogens is 360 g/mol. The zero-order valence-corrected chi connectivity index (χ0v) is 16.6. The van der Waals surface area contributed by atoms with E-state index in [-0.39, 0.29) is 12.1 Å². The monoisotopic (exact) mass is 386 g/mol. The zero-order chi connectivity index (χ0) is 19.8. The minimum Gasteiger partial charge on any atom is -0.395 e. The summed E-state index contributed by atoms with van der Waals surface area (Å²) in [7, 11) is 0. The summed E-state index contributed by atoms with van der Waals surface area (Å²) < 4.78 is 0. The summed E-state index contributed by atoms with van der Waals surface area (Å²) in [5.41, 5.74) is 2.96. The Hall–Kier alpha value is -2.61. The molecule has 3 atom stereocenters. The zero-order valence-electron chi connectivity index (χ0n) is 16.6. The molecule has 3 aliphatic rings. The van der Waals surface area contributed by atoms with Crippen molar-refractivity contribution in [3.05, 3.63) is 65.7 Å². The largest absolute Gasteiger partial charge is 0.395 e. The molecule has 1 spiro atoms. The Kier molecular flexibility index (Phi) is 4.66. The predicted molar refractivity (Wildman–Crippen MR) is 113 cm³/mol. The fourth-order valence-corrected chi connectivity index (χ4v) is 5.65. The number of carbonyl (C=O) groups is 1. The van der Waals surface area contributed by atoms with Gasteiger partial charge < -0.3 is 10.0 Å². The van der Waals surface area contributed by atoms with Crippen molar-refractivity contribution in [3.8, 4) is 11.8 Å². The molecule has 0 radical (unpaired) electrons. The maximum atomic E-state index is 13.6. The second-order valence-electron chi connectivity index (χ2n) is 8.32. The Morgan fingerprint density at radius 2 is 1.90 bits per heavy atom. The van der Waals surface area contributed by atoms with Gasteiger partial charge in [0.1, 0.15) is 5.54 Å². The van der Waals surface area contributed by atoms with Crippen molar-refractivity contribution in [1.29, 1.82) is 0 Å². The van der Waals surface area contributed by atoms with Gasteiger partial charge in [0.05, 0.1) is 6.61 Å². The number of aliphatic hydroxyl groups excluding tert-OH is 1. The third-order valence-corrected chi connectivity index (χ3v) is 6.88. The Bertz CT molecular complexity index is 960. The van der Waals surface area contributed by atoms with Gasteiger partial charge >= 0.3 is 0 Å². The SMILES string of the molecule is O=C1N(c2ccccc2)C[C@@H]2C[C@@H](c3ccc(C#CCCO)cc3)N3CCC[C@@]123. The highest BCUT2D eigenvalue weighted by Gasteiger charge is 2.65. The lowest BCUT2D eigenvalue weighted by Crippen LogP contribution is -2.49. The summed E-state index contributed by atoms with van der Waals surface area (Å²) in [5.74, 6) is 6.74. The average molecular weight is 386 g/mol. The number of amides is 1. The molecule has 4 heteroatoms. The highest BCUT2D eigenvalue weighted by molar-refractivity contribution is 6.03. The number of benzene rings is 2. The maximum Gasteiger partial charge on any atom is 0.247 e. The van der Waals surface area contributed by atoms with Gasteiger partial charge in [0.2, 0.25) is 5.91 Å². The van der Waals surface area contributed by atoms with Gasteiger partial charge in [-0.2, -0.15) is 0 Å². The topological polar surface area (TPSA) is 43.8 Å². The summed E-state index contributed by atoms with van der Waals surface area (Å²) in [5, 5.41) is 8.87. The quantitative estimate of drug-likeness (QED) is 0.823. The number of hydrogen-bond acceptors (Lipinski definition) is 3. The molecule has 29 heavy (non-hydrogen) atoms. The molecule has 1 amide bonds. The Morgan fingerprint density at radius 1 is 1.10 bits per heavy atom. The molecule has 3 aliphatic heterocycles. The van der Waals surface area contributed by atoms with Crippen LogP contribution in [0, 0.1) is 17.8 Å². The molecular formula is C25H26N2O2. The molecule has 0 saturated carbocycles. The molecule has 0 aliphatic carbocycles. The van der Waals surface area contributed by atoms with E-state index in [1.54, 1.807) is 0 Å². The third-order valence-electron chi connectivity index (χ3n) is 6.88. The van der Waals surface area contributed by atoms with Gasteiger partial charge in [0, 0.05) is 36.2 Å². The first kappa shape index (κ1) is 18.4. The number of rotatable bonds is 3. The van der Waals surface area contributed by atoms with Crippen molar-refractivity contribution in [1.82, 2.24) is 4.90 Å². The van der Waals surface area contributed by atoms with E-state index in [0.717, 1.165) is 43.6 Å². The molecule has 2 aromatic rings. The van der Waals surface area contributed by atoms with E-state index in [0.29, 0.717) is 24.3 Å². The first-order valence-corrected chi connectivity index (χ1v) is 10.6. The summed E-state index contributed by atoms with van der Waals surface area (Å²) in [4.78, 5) is 18.1. The van der Waals surface area contributed by atoms with E-state index in [1.807, 2.05) is 35.2 Å². The minimum atomic E-state index is -0.319. The molecule has 3 fully saturated rings. The minimum absolute atomic E-state index is 0.0968. The van der Waals surface area contributed by atoms with Crippen LogP contribution in [-0.4, -0.2) is 41.1 Å². The van der Waals surface area contributed by atoms with Crippen LogP contribution in [-0.2, 0) is 4.79 Å². The fraction of sp³-hybridized carbons (Fsp3) is 0.400. The standard InChI is InChI=1S/C25H26N2O2/c28-16-5-4-7-19-10-12-20(13-11-19)23-17-21-18-26(22-8-2-1-3-9-22)24(29)25(21)14-6-15-27(23)25/h1-3,8-13,21,23,28H,5-6,14-18H2/t21-,23-,25-/m0/s1. The molecule has 1 N–H and O–H groups in total. The van der Waals surface area contributed by atoms with Crippen LogP contribution in [0.3, 0.4) is 0 Å². The second kappa shape index (κ2) is 7.33. The van der Waals surface area contributed by atoms with Crippen LogP contribution >= 0.6 is 0 Å². The first-order chi connectivity index (χ1) is 14.2. The van der Waals surface area contributed by atoms with E-state index >= 15 is 0 Å². The van der Waals surface area contributed by atoms with Gasteiger partial charge in [-0.25, -0.2) is 0 Å². The van der Waals surface area contributed by atoms with Crippen LogP contribution in [0.2, 0.25) is 0 Å². The van der Waals surface area contributed by atoms with Crippen LogP contribution in [0.5, 0.6) is 0 Å². The van der Waals surface area contributed by atoms with Gasteiger partial charge in [-0.3, -0.25) is 9.69 Å². The summed E-state index contributed by atoms with van der Waals surface area (Å²) in [6.07, 6.45) is 3.60.